The van der Waals surface area contributed by atoms with Crippen LogP contribution in [0.1, 0.15) is 35.3 Å². The Morgan fingerprint density at radius 2 is 1.49 bits per heavy atom. The molecule has 0 aliphatic rings. The van der Waals surface area contributed by atoms with Crippen LogP contribution in [-0.2, 0) is 16.0 Å². The molecule has 0 spiro atoms. The van der Waals surface area contributed by atoms with Gasteiger partial charge in [-0.2, -0.15) is 0 Å². The van der Waals surface area contributed by atoms with E-state index in [0.717, 1.165) is 5.56 Å². The van der Waals surface area contributed by atoms with Crippen LogP contribution in [0.5, 0.6) is 5.75 Å². The first-order chi connectivity index (χ1) is 16.8. The number of carbonyl (C=O) groups excluding carboxylic acids is 3. The van der Waals surface area contributed by atoms with Gasteiger partial charge in [0.05, 0.1) is 18.1 Å². The van der Waals surface area contributed by atoms with Crippen molar-refractivity contribution in [1.29, 1.82) is 0 Å². The normalized spacial score (nSPS) is 12.0. The van der Waals surface area contributed by atoms with E-state index in [9.17, 15) is 19.5 Å². The average Bonchev–Trinajstić information content (AvgIpc) is 2.85. The molecule has 1 atom stereocenters. The average molecular weight is 472 g/mol. The number of benzene rings is 3. The van der Waals surface area contributed by atoms with E-state index in [1.807, 2.05) is 19.9 Å². The Hall–Kier alpha value is -4.39. The number of rotatable bonds is 10. The molecule has 0 radical (unpaired) electrons. The molecule has 0 bridgehead atoms. The molecule has 35 heavy (non-hydrogen) atoms. The van der Waals surface area contributed by atoms with Crippen LogP contribution in [0.15, 0.2) is 90.6 Å². The summed E-state index contributed by atoms with van der Waals surface area (Å²) in [4.78, 5) is 37.6. The van der Waals surface area contributed by atoms with E-state index in [-0.39, 0.29) is 18.2 Å². The molecule has 0 aromatic heterocycles. The van der Waals surface area contributed by atoms with Crippen molar-refractivity contribution in [3.05, 3.63) is 107 Å². The van der Waals surface area contributed by atoms with Gasteiger partial charge in [-0.3, -0.25) is 9.59 Å². The van der Waals surface area contributed by atoms with Crippen LogP contribution in [0.3, 0.4) is 0 Å². The zero-order chi connectivity index (χ0) is 25.2. The van der Waals surface area contributed by atoms with E-state index in [0.29, 0.717) is 16.9 Å². The summed E-state index contributed by atoms with van der Waals surface area (Å²) in [5.41, 5.74) is 1.59. The van der Waals surface area contributed by atoms with Gasteiger partial charge in [0.1, 0.15) is 11.4 Å². The third kappa shape index (κ3) is 7.85. The molecule has 0 saturated heterocycles. The number of aliphatic carboxylic acids is 1. The highest BCUT2D eigenvalue weighted by Gasteiger charge is 2.20. The quantitative estimate of drug-likeness (QED) is 0.442. The second-order valence-corrected chi connectivity index (χ2v) is 8.15. The van der Waals surface area contributed by atoms with Gasteiger partial charge in [0.2, 0.25) is 0 Å². The van der Waals surface area contributed by atoms with Crippen LogP contribution in [0.4, 0.5) is 0 Å². The fourth-order valence-electron chi connectivity index (χ4n) is 3.30. The van der Waals surface area contributed by atoms with Crippen LogP contribution in [-0.4, -0.2) is 29.9 Å². The summed E-state index contributed by atoms with van der Waals surface area (Å²) in [6.07, 6.45) is 1.52. The molecule has 0 aliphatic carbocycles. The Morgan fingerprint density at radius 3 is 2.06 bits per heavy atom. The van der Waals surface area contributed by atoms with Crippen LogP contribution < -0.4 is 20.5 Å². The van der Waals surface area contributed by atoms with E-state index < -0.39 is 23.8 Å². The Balaban J connectivity index is 1.85. The molecule has 2 N–H and O–H groups in total. The first kappa shape index (κ1) is 25.2. The van der Waals surface area contributed by atoms with Crippen molar-refractivity contribution in [2.24, 2.45) is 0 Å². The van der Waals surface area contributed by atoms with Gasteiger partial charge in [-0.05, 0) is 61.7 Å². The van der Waals surface area contributed by atoms with E-state index >= 15 is 0 Å². The monoisotopic (exact) mass is 471 g/mol. The van der Waals surface area contributed by atoms with Gasteiger partial charge in [-0.15, -0.1) is 0 Å². The SMILES string of the molecule is CC(C)Oc1ccc(/C=C(/NC(=O)c2ccccc2)C(=O)N[C@H](Cc2ccccc2)C(=O)[O-])cc1. The molecule has 3 aromatic rings. The molecule has 0 saturated carbocycles. The van der Waals surface area contributed by atoms with Crippen molar-refractivity contribution in [3.63, 3.8) is 0 Å². The predicted octanol–water partition coefficient (Wildman–Crippen LogP) is 2.72. The molecule has 3 aromatic carbocycles. The standard InChI is InChI=1S/C28H28N2O5/c1-19(2)35-23-15-13-21(14-16-23)17-24(29-26(31)22-11-7-4-8-12-22)27(32)30-25(28(33)34)18-20-9-5-3-6-10-20/h3-17,19,25H,18H2,1-2H3,(H,29,31)(H,30,32)(H,33,34)/p-1/b24-17+/t25-/m1/s1. The number of carbonyl (C=O) groups is 3. The Labute approximate surface area is 204 Å². The number of carboxylic acids is 1. The number of hydrogen-bond acceptors (Lipinski definition) is 5. The minimum atomic E-state index is -1.42. The molecule has 2 amide bonds. The second-order valence-electron chi connectivity index (χ2n) is 8.15. The van der Waals surface area contributed by atoms with E-state index in [1.165, 1.54) is 6.08 Å². The van der Waals surface area contributed by atoms with Crippen LogP contribution in [0.2, 0.25) is 0 Å². The maximum atomic E-state index is 13.1. The summed E-state index contributed by atoms with van der Waals surface area (Å²) in [6, 6.07) is 23.0. The molecule has 0 aliphatic heterocycles. The molecule has 180 valence electrons. The van der Waals surface area contributed by atoms with Crippen molar-refractivity contribution >= 4 is 23.9 Å². The second kappa shape index (κ2) is 12.2. The molecule has 0 unspecified atom stereocenters. The Bertz CT molecular complexity index is 1170. The topological polar surface area (TPSA) is 108 Å². The molecule has 3 rings (SSSR count). The lowest BCUT2D eigenvalue weighted by Crippen LogP contribution is -2.50. The highest BCUT2D eigenvalue weighted by Crippen LogP contribution is 2.16. The summed E-state index contributed by atoms with van der Waals surface area (Å²) in [6.45, 7) is 3.83. The van der Waals surface area contributed by atoms with E-state index in [4.69, 9.17) is 4.74 Å². The Kier molecular flexibility index (Phi) is 8.78. The summed E-state index contributed by atoms with van der Waals surface area (Å²) in [5, 5.41) is 16.8. The lowest BCUT2D eigenvalue weighted by molar-refractivity contribution is -0.308. The number of nitrogens with one attached hydrogen (secondary N) is 2. The Morgan fingerprint density at radius 1 is 0.886 bits per heavy atom. The maximum absolute atomic E-state index is 13.1. The number of ether oxygens (including phenoxy) is 1. The number of amides is 2. The van der Waals surface area contributed by atoms with Crippen molar-refractivity contribution in [1.82, 2.24) is 10.6 Å². The fourth-order valence-corrected chi connectivity index (χ4v) is 3.30. The molecular weight excluding hydrogens is 444 g/mol. The van der Waals surface area contributed by atoms with Gasteiger partial charge in [0.15, 0.2) is 0 Å². The third-order valence-electron chi connectivity index (χ3n) is 4.96. The van der Waals surface area contributed by atoms with Crippen LogP contribution in [0.25, 0.3) is 6.08 Å². The summed E-state index contributed by atoms with van der Waals surface area (Å²) >= 11 is 0. The minimum Gasteiger partial charge on any atom is -0.548 e. The summed E-state index contributed by atoms with van der Waals surface area (Å²) in [5.74, 6) is -2.01. The fraction of sp³-hybridized carbons (Fsp3) is 0.179. The van der Waals surface area contributed by atoms with Crippen molar-refractivity contribution in [2.45, 2.75) is 32.4 Å². The highest BCUT2D eigenvalue weighted by molar-refractivity contribution is 6.06. The molecule has 0 heterocycles. The van der Waals surface area contributed by atoms with Crippen molar-refractivity contribution in [3.8, 4) is 5.75 Å². The third-order valence-corrected chi connectivity index (χ3v) is 4.96. The first-order valence-electron chi connectivity index (χ1n) is 11.2. The highest BCUT2D eigenvalue weighted by atomic mass is 16.5. The lowest BCUT2D eigenvalue weighted by Gasteiger charge is -2.21. The lowest BCUT2D eigenvalue weighted by atomic mass is 10.1. The van der Waals surface area contributed by atoms with Crippen LogP contribution >= 0.6 is 0 Å². The maximum Gasteiger partial charge on any atom is 0.268 e. The molecule has 0 fully saturated rings. The predicted molar refractivity (Wildman–Crippen MR) is 131 cm³/mol. The van der Waals surface area contributed by atoms with Gasteiger partial charge in [0, 0.05) is 5.56 Å². The minimum absolute atomic E-state index is 0.00840. The van der Waals surface area contributed by atoms with E-state index in [1.54, 1.807) is 78.9 Å². The van der Waals surface area contributed by atoms with Gasteiger partial charge in [-0.25, -0.2) is 0 Å². The largest absolute Gasteiger partial charge is 0.548 e. The zero-order valence-corrected chi connectivity index (χ0v) is 19.6. The summed E-state index contributed by atoms with van der Waals surface area (Å²) in [7, 11) is 0. The van der Waals surface area contributed by atoms with E-state index in [2.05, 4.69) is 10.6 Å². The molecule has 7 nitrogen and oxygen atoms in total. The summed E-state index contributed by atoms with van der Waals surface area (Å²) < 4.78 is 5.64. The van der Waals surface area contributed by atoms with Gasteiger partial charge < -0.3 is 25.3 Å². The van der Waals surface area contributed by atoms with Crippen molar-refractivity contribution in [2.75, 3.05) is 0 Å². The number of carboxylic acid groups (broad SMARTS) is 1. The number of hydrogen-bond donors (Lipinski definition) is 2. The van der Waals surface area contributed by atoms with Gasteiger partial charge in [-0.1, -0.05) is 60.7 Å². The van der Waals surface area contributed by atoms with Gasteiger partial charge >= 0.3 is 0 Å². The smallest absolute Gasteiger partial charge is 0.268 e. The first-order valence-corrected chi connectivity index (χ1v) is 11.2. The molecular formula is C28H27N2O5-. The molecule has 7 heteroatoms. The zero-order valence-electron chi connectivity index (χ0n) is 19.6. The van der Waals surface area contributed by atoms with Gasteiger partial charge in [0.25, 0.3) is 11.8 Å². The van der Waals surface area contributed by atoms with Crippen LogP contribution in [0, 0.1) is 0 Å². The van der Waals surface area contributed by atoms with Crippen molar-refractivity contribution < 1.29 is 24.2 Å².